The zero-order valence-electron chi connectivity index (χ0n) is 9.34. The van der Waals surface area contributed by atoms with Gasteiger partial charge >= 0.3 is 5.97 Å². The van der Waals surface area contributed by atoms with Crippen LogP contribution in [0.5, 0.6) is 0 Å². The van der Waals surface area contributed by atoms with Crippen molar-refractivity contribution in [1.29, 1.82) is 0 Å². The number of nitrogens with one attached hydrogen (secondary N) is 1. The largest absolute Gasteiger partial charge is 0.475 e. The molecule has 2 aromatic heterocycles. The average Bonchev–Trinajstić information content (AvgIpc) is 2.94. The van der Waals surface area contributed by atoms with Crippen LogP contribution in [0.2, 0.25) is 0 Å². The molecule has 0 fully saturated rings. The monoisotopic (exact) mass is 251 g/mol. The Hall–Kier alpha value is -2.64. The van der Waals surface area contributed by atoms with E-state index in [1.807, 2.05) is 0 Å². The highest BCUT2D eigenvalue weighted by Crippen LogP contribution is 2.07. The standard InChI is InChI=1S/C10H9N3O5/c1-5-12-8(13-18-5)9(14)11-4-6-2-3-7(17-6)10(15)16/h2-3H,4H2,1H3,(H,11,14)(H,15,16). The second-order valence-corrected chi connectivity index (χ2v) is 3.39. The van der Waals surface area contributed by atoms with Gasteiger partial charge in [-0.3, -0.25) is 4.79 Å². The Balaban J connectivity index is 1.95. The van der Waals surface area contributed by atoms with Crippen molar-refractivity contribution in [2.24, 2.45) is 0 Å². The van der Waals surface area contributed by atoms with Crippen molar-refractivity contribution in [2.75, 3.05) is 0 Å². The van der Waals surface area contributed by atoms with Gasteiger partial charge in [0.15, 0.2) is 0 Å². The third-order valence-corrected chi connectivity index (χ3v) is 2.03. The van der Waals surface area contributed by atoms with E-state index in [0.29, 0.717) is 5.76 Å². The predicted molar refractivity (Wildman–Crippen MR) is 55.9 cm³/mol. The molecule has 2 aromatic rings. The summed E-state index contributed by atoms with van der Waals surface area (Å²) in [6, 6.07) is 2.77. The molecule has 0 spiro atoms. The van der Waals surface area contributed by atoms with Crippen LogP contribution >= 0.6 is 0 Å². The summed E-state index contributed by atoms with van der Waals surface area (Å²) in [4.78, 5) is 25.8. The lowest BCUT2D eigenvalue weighted by Crippen LogP contribution is -2.23. The molecule has 0 aliphatic rings. The summed E-state index contributed by atoms with van der Waals surface area (Å²) >= 11 is 0. The molecule has 0 saturated heterocycles. The molecule has 0 saturated carbocycles. The number of hydrogen-bond donors (Lipinski definition) is 2. The Bertz CT molecular complexity index is 586. The molecular weight excluding hydrogens is 242 g/mol. The molecule has 94 valence electrons. The molecule has 8 nitrogen and oxygen atoms in total. The predicted octanol–water partition coefficient (Wildman–Crippen LogP) is 0.599. The van der Waals surface area contributed by atoms with Gasteiger partial charge in [0.25, 0.3) is 11.7 Å². The van der Waals surface area contributed by atoms with Gasteiger partial charge in [0.1, 0.15) is 5.76 Å². The molecule has 8 heteroatoms. The molecule has 0 aliphatic carbocycles. The van der Waals surface area contributed by atoms with Crippen molar-refractivity contribution < 1.29 is 23.6 Å². The van der Waals surface area contributed by atoms with E-state index in [9.17, 15) is 9.59 Å². The summed E-state index contributed by atoms with van der Waals surface area (Å²) in [5.41, 5.74) is 0. The number of carbonyl (C=O) groups excluding carboxylic acids is 1. The molecule has 0 unspecified atom stereocenters. The number of amides is 1. The van der Waals surface area contributed by atoms with E-state index >= 15 is 0 Å². The minimum absolute atomic E-state index is 0.0414. The highest BCUT2D eigenvalue weighted by atomic mass is 16.5. The number of carboxylic acid groups (broad SMARTS) is 1. The van der Waals surface area contributed by atoms with Crippen LogP contribution in [0.15, 0.2) is 21.1 Å². The second-order valence-electron chi connectivity index (χ2n) is 3.39. The van der Waals surface area contributed by atoms with Crippen LogP contribution in [0.4, 0.5) is 0 Å². The number of furan rings is 1. The Kier molecular flexibility index (Phi) is 3.09. The van der Waals surface area contributed by atoms with E-state index in [-0.39, 0.29) is 24.0 Å². The Morgan fingerprint density at radius 1 is 1.44 bits per heavy atom. The maximum Gasteiger partial charge on any atom is 0.371 e. The molecule has 0 aromatic carbocycles. The molecule has 0 radical (unpaired) electrons. The van der Waals surface area contributed by atoms with E-state index in [2.05, 4.69) is 20.0 Å². The van der Waals surface area contributed by atoms with Gasteiger partial charge in [0.2, 0.25) is 11.7 Å². The summed E-state index contributed by atoms with van der Waals surface area (Å²) < 4.78 is 9.61. The number of hydrogen-bond acceptors (Lipinski definition) is 6. The van der Waals surface area contributed by atoms with Gasteiger partial charge < -0.3 is 19.4 Å². The first kappa shape index (κ1) is 11.8. The third-order valence-electron chi connectivity index (χ3n) is 2.03. The van der Waals surface area contributed by atoms with Gasteiger partial charge in [-0.25, -0.2) is 4.79 Å². The van der Waals surface area contributed by atoms with Gasteiger partial charge in [-0.1, -0.05) is 5.16 Å². The molecule has 2 heterocycles. The van der Waals surface area contributed by atoms with E-state index in [1.54, 1.807) is 6.92 Å². The summed E-state index contributed by atoms with van der Waals surface area (Å²) in [5.74, 6) is -1.36. The Morgan fingerprint density at radius 3 is 2.78 bits per heavy atom. The molecule has 2 rings (SSSR count). The number of carboxylic acids is 1. The van der Waals surface area contributed by atoms with Gasteiger partial charge in [-0.2, -0.15) is 4.98 Å². The summed E-state index contributed by atoms with van der Waals surface area (Å²) in [7, 11) is 0. The Labute approximate surface area is 101 Å². The average molecular weight is 251 g/mol. The molecule has 18 heavy (non-hydrogen) atoms. The fourth-order valence-corrected chi connectivity index (χ4v) is 1.23. The first-order chi connectivity index (χ1) is 8.56. The fraction of sp³-hybridized carbons (Fsp3) is 0.200. The number of aromatic carboxylic acids is 1. The number of rotatable bonds is 4. The van der Waals surface area contributed by atoms with Gasteiger partial charge in [0, 0.05) is 6.92 Å². The number of aromatic nitrogens is 2. The molecule has 0 bridgehead atoms. The second kappa shape index (κ2) is 4.70. The lowest BCUT2D eigenvalue weighted by atomic mass is 10.4. The van der Waals surface area contributed by atoms with Crippen molar-refractivity contribution in [3.8, 4) is 0 Å². The van der Waals surface area contributed by atoms with Crippen LogP contribution in [0, 0.1) is 6.92 Å². The van der Waals surface area contributed by atoms with E-state index in [0.717, 1.165) is 0 Å². The van der Waals surface area contributed by atoms with Gasteiger partial charge in [0.05, 0.1) is 6.54 Å². The Morgan fingerprint density at radius 2 is 2.22 bits per heavy atom. The molecular formula is C10H9N3O5. The van der Waals surface area contributed by atoms with Crippen molar-refractivity contribution in [3.63, 3.8) is 0 Å². The maximum atomic E-state index is 11.5. The summed E-state index contributed by atoms with van der Waals surface area (Å²) in [6.07, 6.45) is 0. The van der Waals surface area contributed by atoms with Crippen LogP contribution < -0.4 is 5.32 Å². The van der Waals surface area contributed by atoms with Crippen LogP contribution in [-0.2, 0) is 6.54 Å². The lowest BCUT2D eigenvalue weighted by Gasteiger charge is -1.98. The molecule has 0 aliphatic heterocycles. The van der Waals surface area contributed by atoms with Crippen molar-refractivity contribution in [1.82, 2.24) is 15.5 Å². The highest BCUT2D eigenvalue weighted by molar-refractivity contribution is 5.90. The normalized spacial score (nSPS) is 10.3. The van der Waals surface area contributed by atoms with E-state index in [4.69, 9.17) is 9.52 Å². The van der Waals surface area contributed by atoms with Crippen LogP contribution in [0.3, 0.4) is 0 Å². The lowest BCUT2D eigenvalue weighted by molar-refractivity contribution is 0.0660. The third kappa shape index (κ3) is 2.54. The number of aryl methyl sites for hydroxylation is 1. The maximum absolute atomic E-state index is 11.5. The fourth-order valence-electron chi connectivity index (χ4n) is 1.23. The van der Waals surface area contributed by atoms with Crippen molar-refractivity contribution in [3.05, 3.63) is 35.4 Å². The quantitative estimate of drug-likeness (QED) is 0.816. The van der Waals surface area contributed by atoms with Crippen molar-refractivity contribution >= 4 is 11.9 Å². The van der Waals surface area contributed by atoms with Crippen LogP contribution in [-0.4, -0.2) is 27.1 Å². The number of carbonyl (C=O) groups is 2. The van der Waals surface area contributed by atoms with Gasteiger partial charge in [-0.05, 0) is 12.1 Å². The topological polar surface area (TPSA) is 118 Å². The summed E-state index contributed by atoms with van der Waals surface area (Å²) in [6.45, 7) is 1.61. The first-order valence-electron chi connectivity index (χ1n) is 4.97. The summed E-state index contributed by atoms with van der Waals surface area (Å²) in [5, 5.41) is 14.6. The molecule has 0 atom stereocenters. The zero-order chi connectivity index (χ0) is 13.1. The molecule has 1 amide bonds. The minimum Gasteiger partial charge on any atom is -0.475 e. The smallest absolute Gasteiger partial charge is 0.371 e. The van der Waals surface area contributed by atoms with Crippen molar-refractivity contribution in [2.45, 2.75) is 13.5 Å². The zero-order valence-corrected chi connectivity index (χ0v) is 9.34. The molecule has 2 N–H and O–H groups in total. The van der Waals surface area contributed by atoms with Crippen LogP contribution in [0.1, 0.15) is 32.8 Å². The minimum atomic E-state index is -1.17. The first-order valence-corrected chi connectivity index (χ1v) is 4.97. The van der Waals surface area contributed by atoms with Crippen LogP contribution in [0.25, 0.3) is 0 Å². The van der Waals surface area contributed by atoms with E-state index in [1.165, 1.54) is 12.1 Å². The van der Waals surface area contributed by atoms with Gasteiger partial charge in [-0.15, -0.1) is 0 Å². The highest BCUT2D eigenvalue weighted by Gasteiger charge is 2.14. The number of nitrogens with zero attached hydrogens (tertiary/aromatic N) is 2. The van der Waals surface area contributed by atoms with E-state index < -0.39 is 11.9 Å². The SMILES string of the molecule is Cc1nc(C(=O)NCc2ccc(C(=O)O)o2)no1.